The zero-order chi connectivity index (χ0) is 24.8. The summed E-state index contributed by atoms with van der Waals surface area (Å²) in [6, 6.07) is 14.6. The minimum Gasteiger partial charge on any atom is -0.506 e. The van der Waals surface area contributed by atoms with Gasteiger partial charge in [-0.25, -0.2) is 19.2 Å². The van der Waals surface area contributed by atoms with E-state index in [0.717, 1.165) is 5.56 Å². The van der Waals surface area contributed by atoms with Gasteiger partial charge in [0.1, 0.15) is 35.7 Å². The van der Waals surface area contributed by atoms with Crippen LogP contribution in [0.3, 0.4) is 0 Å². The molecule has 3 N–H and O–H groups in total. The summed E-state index contributed by atoms with van der Waals surface area (Å²) >= 11 is 0. The molecular formula is C25H21N9O2. The maximum absolute atomic E-state index is 13.6. The van der Waals surface area contributed by atoms with Crippen LogP contribution >= 0.6 is 0 Å². The summed E-state index contributed by atoms with van der Waals surface area (Å²) in [4.78, 5) is 26.2. The van der Waals surface area contributed by atoms with Crippen LogP contribution in [0.1, 0.15) is 24.4 Å². The van der Waals surface area contributed by atoms with Gasteiger partial charge in [0, 0.05) is 18.0 Å². The lowest BCUT2D eigenvalue weighted by Crippen LogP contribution is -2.31. The molecule has 0 fully saturated rings. The molecule has 11 nitrogen and oxygen atoms in total. The molecule has 0 unspecified atom stereocenters. The Bertz CT molecular complexity index is 1790. The number of nitrogen functional groups attached to an aromatic ring is 1. The van der Waals surface area contributed by atoms with E-state index in [1.165, 1.54) is 12.5 Å². The van der Waals surface area contributed by atoms with Crippen LogP contribution in [0, 0.1) is 0 Å². The molecule has 0 aliphatic heterocycles. The lowest BCUT2D eigenvalue weighted by molar-refractivity contribution is 0.473. The summed E-state index contributed by atoms with van der Waals surface area (Å²) in [5.74, 6) is 0.728. The van der Waals surface area contributed by atoms with Crippen LogP contribution < -0.4 is 11.3 Å². The van der Waals surface area contributed by atoms with E-state index in [2.05, 4.69) is 15.0 Å². The van der Waals surface area contributed by atoms with E-state index in [-0.39, 0.29) is 29.7 Å². The van der Waals surface area contributed by atoms with Crippen molar-refractivity contribution in [2.45, 2.75) is 19.5 Å². The minimum atomic E-state index is -0.280. The van der Waals surface area contributed by atoms with Crippen LogP contribution in [0.5, 0.6) is 5.75 Å². The third-order valence-electron chi connectivity index (χ3n) is 6.18. The number of anilines is 1. The molecular weight excluding hydrogens is 458 g/mol. The molecule has 0 saturated carbocycles. The fourth-order valence-electron chi connectivity index (χ4n) is 4.46. The zero-order valence-electron chi connectivity index (χ0n) is 19.2. The molecule has 0 radical (unpaired) electrons. The number of pyridine rings is 1. The van der Waals surface area contributed by atoms with Crippen LogP contribution in [0.15, 0.2) is 78.2 Å². The zero-order valence-corrected chi connectivity index (χ0v) is 19.2. The first-order chi connectivity index (χ1) is 17.5. The van der Waals surface area contributed by atoms with Crippen molar-refractivity contribution in [2.75, 3.05) is 5.73 Å². The van der Waals surface area contributed by atoms with Gasteiger partial charge >= 0.3 is 0 Å². The molecule has 5 aromatic heterocycles. The van der Waals surface area contributed by atoms with Crippen molar-refractivity contribution in [1.29, 1.82) is 0 Å². The number of nitrogens with zero attached hydrogens (tertiary/aromatic N) is 8. The van der Waals surface area contributed by atoms with Crippen molar-refractivity contribution < 1.29 is 5.11 Å². The van der Waals surface area contributed by atoms with Gasteiger partial charge < -0.3 is 10.8 Å². The number of aromatic hydroxyl groups is 1. The van der Waals surface area contributed by atoms with Gasteiger partial charge in [-0.1, -0.05) is 30.3 Å². The van der Waals surface area contributed by atoms with Crippen molar-refractivity contribution in [3.8, 4) is 17.0 Å². The summed E-state index contributed by atoms with van der Waals surface area (Å²) in [6.45, 7) is 2.10. The molecule has 36 heavy (non-hydrogen) atoms. The van der Waals surface area contributed by atoms with E-state index >= 15 is 0 Å². The van der Waals surface area contributed by atoms with Crippen molar-refractivity contribution in [3.05, 3.63) is 95.2 Å². The molecule has 1 atom stereocenters. The standard InChI is InChI=1S/C25H21N9O2/c1-15(16-6-3-2-4-7-16)34-20(30-32-9-5-8-19(32)25(34)36)13-33-24-21(23(26)28-14-29-24)22(31-33)17-10-18(35)12-27-11-17/h2-12,14-15,35H,13H2,1H3,(H2,26,28,29)/t15-/m0/s1. The van der Waals surface area contributed by atoms with E-state index in [1.807, 2.05) is 37.3 Å². The molecule has 0 saturated heterocycles. The predicted octanol–water partition coefficient (Wildman–Crippen LogP) is 2.64. The number of nitrogens with two attached hydrogens (primary N) is 1. The molecule has 0 amide bonds. The largest absolute Gasteiger partial charge is 0.506 e. The highest BCUT2D eigenvalue weighted by Gasteiger charge is 2.22. The Kier molecular flexibility index (Phi) is 4.95. The Morgan fingerprint density at radius 2 is 1.89 bits per heavy atom. The molecule has 1 aromatic carbocycles. The Labute approximate surface area is 204 Å². The first-order valence-electron chi connectivity index (χ1n) is 11.3. The number of benzene rings is 1. The average Bonchev–Trinajstić information content (AvgIpc) is 3.50. The number of hydrogen-bond donors (Lipinski definition) is 2. The van der Waals surface area contributed by atoms with Gasteiger partial charge in [-0.05, 0) is 30.7 Å². The second-order valence-corrected chi connectivity index (χ2v) is 8.41. The van der Waals surface area contributed by atoms with Crippen molar-refractivity contribution in [3.63, 3.8) is 0 Å². The van der Waals surface area contributed by atoms with Crippen LogP contribution in [0.4, 0.5) is 5.82 Å². The van der Waals surface area contributed by atoms with Gasteiger partial charge in [0.25, 0.3) is 5.56 Å². The maximum Gasteiger partial charge on any atom is 0.278 e. The molecule has 178 valence electrons. The molecule has 0 aliphatic rings. The van der Waals surface area contributed by atoms with E-state index in [0.29, 0.717) is 33.6 Å². The number of aromatic nitrogens is 8. The Morgan fingerprint density at radius 3 is 2.69 bits per heavy atom. The third-order valence-corrected chi connectivity index (χ3v) is 6.18. The fourth-order valence-corrected chi connectivity index (χ4v) is 4.46. The minimum absolute atomic E-state index is 0.00382. The second kappa shape index (κ2) is 8.31. The number of rotatable bonds is 5. The fraction of sp³-hybridized carbons (Fsp3) is 0.120. The highest BCUT2D eigenvalue weighted by molar-refractivity contribution is 5.98. The molecule has 6 rings (SSSR count). The molecule has 6 aromatic rings. The molecule has 0 bridgehead atoms. The van der Waals surface area contributed by atoms with Crippen LogP contribution in [0.25, 0.3) is 27.8 Å². The third kappa shape index (κ3) is 3.45. The van der Waals surface area contributed by atoms with Gasteiger partial charge in [-0.2, -0.15) is 10.2 Å². The smallest absolute Gasteiger partial charge is 0.278 e. The predicted molar refractivity (Wildman–Crippen MR) is 133 cm³/mol. The second-order valence-electron chi connectivity index (χ2n) is 8.41. The summed E-state index contributed by atoms with van der Waals surface area (Å²) in [5.41, 5.74) is 9.01. The Balaban J connectivity index is 1.56. The summed E-state index contributed by atoms with van der Waals surface area (Å²) in [7, 11) is 0. The normalized spacial score (nSPS) is 12.4. The Morgan fingerprint density at radius 1 is 1.06 bits per heavy atom. The average molecular weight is 480 g/mol. The molecule has 0 spiro atoms. The lowest BCUT2D eigenvalue weighted by Gasteiger charge is -2.20. The van der Waals surface area contributed by atoms with Gasteiger partial charge in [-0.3, -0.25) is 14.3 Å². The highest BCUT2D eigenvalue weighted by atomic mass is 16.3. The maximum atomic E-state index is 13.6. The topological polar surface area (TPSA) is 142 Å². The number of hydrogen-bond acceptors (Lipinski definition) is 8. The van der Waals surface area contributed by atoms with Crippen molar-refractivity contribution in [2.24, 2.45) is 0 Å². The van der Waals surface area contributed by atoms with Gasteiger partial charge in [0.15, 0.2) is 11.5 Å². The van der Waals surface area contributed by atoms with Gasteiger partial charge in [-0.15, -0.1) is 0 Å². The van der Waals surface area contributed by atoms with Gasteiger partial charge in [0.2, 0.25) is 0 Å². The highest BCUT2D eigenvalue weighted by Crippen LogP contribution is 2.31. The van der Waals surface area contributed by atoms with E-state index in [9.17, 15) is 9.90 Å². The van der Waals surface area contributed by atoms with Crippen LogP contribution in [-0.2, 0) is 6.54 Å². The monoisotopic (exact) mass is 479 g/mol. The van der Waals surface area contributed by atoms with E-state index in [1.54, 1.807) is 44.4 Å². The summed E-state index contributed by atoms with van der Waals surface area (Å²) < 4.78 is 4.89. The first-order valence-corrected chi connectivity index (χ1v) is 11.3. The SMILES string of the molecule is C[C@@H](c1ccccc1)n1c(Cn2nc(-c3cncc(O)c3)c3c(N)ncnc32)nn2cccc2c1=O. The molecule has 0 aliphatic carbocycles. The van der Waals surface area contributed by atoms with Gasteiger partial charge in [0.05, 0.1) is 17.6 Å². The summed E-state index contributed by atoms with van der Waals surface area (Å²) in [6.07, 6.45) is 6.02. The number of fused-ring (bicyclic) bond motifs is 2. The molecule has 5 heterocycles. The quantitative estimate of drug-likeness (QED) is 0.384. The summed E-state index contributed by atoms with van der Waals surface area (Å²) in [5, 5.41) is 20.0. The van der Waals surface area contributed by atoms with Crippen molar-refractivity contribution >= 4 is 22.4 Å². The molecule has 11 heteroatoms. The first kappa shape index (κ1) is 21.5. The Hall–Kier alpha value is -5.06. The van der Waals surface area contributed by atoms with Crippen LogP contribution in [0.2, 0.25) is 0 Å². The van der Waals surface area contributed by atoms with E-state index < -0.39 is 0 Å². The lowest BCUT2D eigenvalue weighted by atomic mass is 10.1. The van der Waals surface area contributed by atoms with Crippen LogP contribution in [-0.4, -0.2) is 44.0 Å². The van der Waals surface area contributed by atoms with E-state index in [4.69, 9.17) is 15.9 Å². The van der Waals surface area contributed by atoms with Crippen molar-refractivity contribution in [1.82, 2.24) is 38.9 Å².